The Morgan fingerprint density at radius 2 is 2.00 bits per heavy atom. The van der Waals surface area contributed by atoms with Crippen molar-refractivity contribution in [2.45, 2.75) is 13.0 Å². The number of benzene rings is 1. The monoisotopic (exact) mass is 305 g/mol. The van der Waals surface area contributed by atoms with Gasteiger partial charge in [-0.1, -0.05) is 11.6 Å². The zero-order valence-corrected chi connectivity index (χ0v) is 11.9. The molecule has 0 saturated heterocycles. The number of nitro benzene ring substituents is 1. The molecule has 108 valence electrons. The van der Waals surface area contributed by atoms with E-state index in [1.165, 1.54) is 12.1 Å². The summed E-state index contributed by atoms with van der Waals surface area (Å²) in [7, 11) is 0. The van der Waals surface area contributed by atoms with Crippen LogP contribution in [0.25, 0.3) is 0 Å². The molecule has 0 spiro atoms. The Labute approximate surface area is 125 Å². The second-order valence-electron chi connectivity index (χ2n) is 4.40. The number of non-ortho nitro benzene ring substituents is 1. The fraction of sp³-hybridized carbons (Fsp3) is 0.143. The molecule has 0 aliphatic heterocycles. The molecule has 1 atom stereocenters. The third-order valence-corrected chi connectivity index (χ3v) is 3.29. The van der Waals surface area contributed by atoms with E-state index in [0.29, 0.717) is 0 Å². The van der Waals surface area contributed by atoms with E-state index >= 15 is 0 Å². The summed E-state index contributed by atoms with van der Waals surface area (Å²) >= 11 is 5.93. The van der Waals surface area contributed by atoms with Crippen LogP contribution < -0.4 is 5.32 Å². The fourth-order valence-corrected chi connectivity index (χ4v) is 2.01. The number of pyridine rings is 1. The van der Waals surface area contributed by atoms with Crippen LogP contribution in [-0.4, -0.2) is 15.8 Å². The maximum atomic E-state index is 12.2. The highest BCUT2D eigenvalue weighted by molar-refractivity contribution is 6.33. The first-order valence-electron chi connectivity index (χ1n) is 6.14. The molecule has 0 radical (unpaired) electrons. The Kier molecular flexibility index (Phi) is 4.49. The first kappa shape index (κ1) is 14.9. The Hall–Kier alpha value is -2.47. The highest BCUT2D eigenvalue weighted by Crippen LogP contribution is 2.23. The Morgan fingerprint density at radius 1 is 1.33 bits per heavy atom. The number of aromatic nitrogens is 1. The average molecular weight is 306 g/mol. The van der Waals surface area contributed by atoms with Crippen molar-refractivity contribution in [1.82, 2.24) is 10.3 Å². The van der Waals surface area contributed by atoms with Crippen molar-refractivity contribution in [3.05, 3.63) is 69.0 Å². The lowest BCUT2D eigenvalue weighted by Gasteiger charge is -2.14. The lowest BCUT2D eigenvalue weighted by molar-refractivity contribution is -0.384. The van der Waals surface area contributed by atoms with Gasteiger partial charge < -0.3 is 5.32 Å². The number of carbonyl (C=O) groups excluding carboxylic acids is 1. The molecular weight excluding hydrogens is 294 g/mol. The lowest BCUT2D eigenvalue weighted by atomic mass is 10.1. The van der Waals surface area contributed by atoms with Crippen LogP contribution >= 0.6 is 11.6 Å². The predicted octanol–water partition coefficient (Wildman–Crippen LogP) is 3.13. The summed E-state index contributed by atoms with van der Waals surface area (Å²) in [6.07, 6.45) is 3.25. The molecule has 1 N–H and O–H groups in total. The van der Waals surface area contributed by atoms with Crippen LogP contribution in [0.3, 0.4) is 0 Å². The van der Waals surface area contributed by atoms with Crippen molar-refractivity contribution >= 4 is 23.2 Å². The molecule has 1 heterocycles. The van der Waals surface area contributed by atoms with Gasteiger partial charge in [0, 0.05) is 24.5 Å². The molecule has 6 nitrogen and oxygen atoms in total. The highest BCUT2D eigenvalue weighted by atomic mass is 35.5. The van der Waals surface area contributed by atoms with Gasteiger partial charge in [-0.05, 0) is 30.7 Å². The van der Waals surface area contributed by atoms with E-state index in [2.05, 4.69) is 10.3 Å². The molecular formula is C14H12ClN3O3. The lowest BCUT2D eigenvalue weighted by Crippen LogP contribution is -2.27. The minimum Gasteiger partial charge on any atom is -0.345 e. The normalized spacial score (nSPS) is 11.7. The molecule has 2 rings (SSSR count). The smallest absolute Gasteiger partial charge is 0.270 e. The number of amides is 1. The van der Waals surface area contributed by atoms with E-state index in [9.17, 15) is 14.9 Å². The number of halogens is 1. The van der Waals surface area contributed by atoms with Crippen LogP contribution in [0.2, 0.25) is 5.02 Å². The van der Waals surface area contributed by atoms with E-state index in [0.717, 1.165) is 11.6 Å². The van der Waals surface area contributed by atoms with Gasteiger partial charge in [0.1, 0.15) is 0 Å². The largest absolute Gasteiger partial charge is 0.345 e. The molecule has 1 amide bonds. The Balaban J connectivity index is 2.21. The Bertz CT molecular complexity index is 676. The molecule has 0 aliphatic rings. The minimum absolute atomic E-state index is 0.0757. The summed E-state index contributed by atoms with van der Waals surface area (Å²) < 4.78 is 0. The van der Waals surface area contributed by atoms with E-state index in [1.54, 1.807) is 31.5 Å². The zero-order chi connectivity index (χ0) is 15.4. The van der Waals surface area contributed by atoms with Gasteiger partial charge in [0.25, 0.3) is 11.6 Å². The summed E-state index contributed by atoms with van der Waals surface area (Å²) in [4.78, 5) is 26.3. The molecule has 0 aliphatic carbocycles. The van der Waals surface area contributed by atoms with Crippen molar-refractivity contribution in [1.29, 1.82) is 0 Å². The van der Waals surface area contributed by atoms with Crippen molar-refractivity contribution in [3.8, 4) is 0 Å². The molecule has 0 unspecified atom stereocenters. The summed E-state index contributed by atoms with van der Waals surface area (Å²) in [5, 5.41) is 13.7. The molecule has 0 bridgehead atoms. The number of hydrogen-bond donors (Lipinski definition) is 1. The second-order valence-corrected chi connectivity index (χ2v) is 4.80. The molecule has 0 fully saturated rings. The van der Waals surface area contributed by atoms with Gasteiger partial charge in [-0.3, -0.25) is 19.9 Å². The van der Waals surface area contributed by atoms with E-state index < -0.39 is 10.8 Å². The summed E-state index contributed by atoms with van der Waals surface area (Å²) in [5.41, 5.74) is 0.771. The van der Waals surface area contributed by atoms with Crippen molar-refractivity contribution in [2.24, 2.45) is 0 Å². The molecule has 7 heteroatoms. The maximum Gasteiger partial charge on any atom is 0.270 e. The van der Waals surface area contributed by atoms with Crippen molar-refractivity contribution in [3.63, 3.8) is 0 Å². The van der Waals surface area contributed by atoms with Gasteiger partial charge in [0.05, 0.1) is 21.6 Å². The number of nitrogens with one attached hydrogen (secondary N) is 1. The van der Waals surface area contributed by atoms with Crippen LogP contribution in [-0.2, 0) is 0 Å². The van der Waals surface area contributed by atoms with Gasteiger partial charge in [-0.2, -0.15) is 0 Å². The van der Waals surface area contributed by atoms with Gasteiger partial charge in [0.2, 0.25) is 0 Å². The topological polar surface area (TPSA) is 85.1 Å². The number of rotatable bonds is 4. The number of hydrogen-bond acceptors (Lipinski definition) is 4. The quantitative estimate of drug-likeness (QED) is 0.694. The first-order chi connectivity index (χ1) is 9.99. The number of nitrogens with zero attached hydrogens (tertiary/aromatic N) is 2. The van der Waals surface area contributed by atoms with Crippen molar-refractivity contribution in [2.75, 3.05) is 0 Å². The third-order valence-electron chi connectivity index (χ3n) is 2.96. The van der Waals surface area contributed by atoms with E-state index in [1.807, 2.05) is 0 Å². The van der Waals surface area contributed by atoms with Gasteiger partial charge in [-0.15, -0.1) is 0 Å². The van der Waals surface area contributed by atoms with Crippen molar-refractivity contribution < 1.29 is 9.72 Å². The molecule has 1 aromatic heterocycles. The summed E-state index contributed by atoms with van der Waals surface area (Å²) in [5.74, 6) is -0.465. The third kappa shape index (κ3) is 3.55. The van der Waals surface area contributed by atoms with Crippen LogP contribution in [0.5, 0.6) is 0 Å². The second kappa shape index (κ2) is 6.32. The van der Waals surface area contributed by atoms with Crippen LogP contribution in [0.1, 0.15) is 28.9 Å². The van der Waals surface area contributed by atoms with E-state index in [-0.39, 0.29) is 22.3 Å². The van der Waals surface area contributed by atoms with Crippen LogP contribution in [0, 0.1) is 10.1 Å². The summed E-state index contributed by atoms with van der Waals surface area (Å²) in [6, 6.07) is 7.05. The maximum absolute atomic E-state index is 12.2. The standard InChI is InChI=1S/C14H12ClN3O3/c1-9(10-4-6-16-7-5-10)17-14(19)12-8-11(18(20)21)2-3-13(12)15/h2-9H,1H3,(H,17,19)/t9-/m1/s1. The van der Waals surface area contributed by atoms with Crippen LogP contribution in [0.15, 0.2) is 42.7 Å². The number of carbonyl (C=O) groups is 1. The predicted molar refractivity (Wildman–Crippen MR) is 78.2 cm³/mol. The minimum atomic E-state index is -0.570. The first-order valence-corrected chi connectivity index (χ1v) is 6.51. The summed E-state index contributed by atoms with van der Waals surface area (Å²) in [6.45, 7) is 1.80. The van der Waals surface area contributed by atoms with Gasteiger partial charge in [0.15, 0.2) is 0 Å². The van der Waals surface area contributed by atoms with E-state index in [4.69, 9.17) is 11.6 Å². The zero-order valence-electron chi connectivity index (χ0n) is 11.1. The van der Waals surface area contributed by atoms with Crippen LogP contribution in [0.4, 0.5) is 5.69 Å². The fourth-order valence-electron chi connectivity index (χ4n) is 1.81. The molecule has 21 heavy (non-hydrogen) atoms. The number of nitro groups is 1. The molecule has 2 aromatic rings. The van der Waals surface area contributed by atoms with Gasteiger partial charge >= 0.3 is 0 Å². The highest BCUT2D eigenvalue weighted by Gasteiger charge is 2.17. The average Bonchev–Trinajstić information content (AvgIpc) is 2.48. The SMILES string of the molecule is C[C@@H](NC(=O)c1cc([N+](=O)[O-])ccc1Cl)c1ccncc1. The van der Waals surface area contributed by atoms with Gasteiger partial charge in [-0.25, -0.2) is 0 Å². The molecule has 0 saturated carbocycles. The molecule has 1 aromatic carbocycles. The Morgan fingerprint density at radius 3 is 2.62 bits per heavy atom.